The van der Waals surface area contributed by atoms with Crippen molar-refractivity contribution in [2.24, 2.45) is 0 Å². The summed E-state index contributed by atoms with van der Waals surface area (Å²) in [6.07, 6.45) is 0. The molecule has 2 aromatic heterocycles. The minimum absolute atomic E-state index is 0.0431. The maximum atomic E-state index is 13.8. The molecule has 5 rings (SSSR count). The second kappa shape index (κ2) is 9.91. The monoisotopic (exact) mass is 503 g/mol. The highest BCUT2D eigenvalue weighted by atomic mass is 32.1. The van der Waals surface area contributed by atoms with Crippen LogP contribution in [-0.4, -0.2) is 15.7 Å². The van der Waals surface area contributed by atoms with Crippen molar-refractivity contribution in [1.82, 2.24) is 9.78 Å². The van der Waals surface area contributed by atoms with Crippen LogP contribution in [0.5, 0.6) is 5.75 Å². The van der Waals surface area contributed by atoms with E-state index < -0.39 is 11.6 Å². The van der Waals surface area contributed by atoms with Gasteiger partial charge in [-0.15, -0.1) is 11.3 Å². The summed E-state index contributed by atoms with van der Waals surface area (Å²) in [6.45, 7) is 4.45. The number of ether oxygens (including phenoxy) is 1. The van der Waals surface area contributed by atoms with Crippen LogP contribution >= 0.6 is 11.3 Å². The maximum Gasteiger partial charge on any atom is 0.265 e. The van der Waals surface area contributed by atoms with Gasteiger partial charge in [0.1, 0.15) is 12.4 Å². The minimum Gasteiger partial charge on any atom is -0.486 e. The summed E-state index contributed by atoms with van der Waals surface area (Å²) in [5.74, 6) is -1.73. The first-order chi connectivity index (χ1) is 17.4. The first kappa shape index (κ1) is 23.7. The van der Waals surface area contributed by atoms with Gasteiger partial charge in [0.05, 0.1) is 28.5 Å². The number of carbonyl (C=O) groups is 1. The van der Waals surface area contributed by atoms with Crippen LogP contribution in [0.15, 0.2) is 72.1 Å². The van der Waals surface area contributed by atoms with Gasteiger partial charge in [-0.2, -0.15) is 5.10 Å². The molecule has 0 bridgehead atoms. The van der Waals surface area contributed by atoms with Gasteiger partial charge in [0.15, 0.2) is 11.6 Å². The fourth-order valence-corrected chi connectivity index (χ4v) is 4.91. The number of halogens is 2. The average molecular weight is 504 g/mol. The lowest BCUT2D eigenvalue weighted by atomic mass is 10.0. The van der Waals surface area contributed by atoms with Gasteiger partial charge in [-0.25, -0.2) is 8.78 Å². The summed E-state index contributed by atoms with van der Waals surface area (Å²) < 4.78 is 34.2. The van der Waals surface area contributed by atoms with E-state index in [2.05, 4.69) is 34.7 Å². The van der Waals surface area contributed by atoms with Crippen LogP contribution < -0.4 is 10.1 Å². The molecule has 0 radical (unpaired) electrons. The number of nitrogens with one attached hydrogen (secondary N) is 1. The number of carbonyl (C=O) groups excluding carboxylic acids is 1. The van der Waals surface area contributed by atoms with Crippen molar-refractivity contribution >= 4 is 33.7 Å². The fourth-order valence-electron chi connectivity index (χ4n) is 4.12. The van der Waals surface area contributed by atoms with Crippen molar-refractivity contribution in [2.75, 3.05) is 5.32 Å². The van der Waals surface area contributed by atoms with Crippen LogP contribution in [0.25, 0.3) is 10.8 Å². The molecule has 0 unspecified atom stereocenters. The molecule has 5 aromatic rings. The molecule has 0 aliphatic heterocycles. The van der Waals surface area contributed by atoms with Crippen molar-refractivity contribution in [3.63, 3.8) is 0 Å². The smallest absolute Gasteiger partial charge is 0.265 e. The van der Waals surface area contributed by atoms with Crippen LogP contribution in [0, 0.1) is 25.5 Å². The molecule has 8 heteroatoms. The lowest BCUT2D eigenvalue weighted by molar-refractivity contribution is 0.103. The van der Waals surface area contributed by atoms with Gasteiger partial charge in [-0.1, -0.05) is 42.5 Å². The molecule has 0 spiro atoms. The molecule has 0 aliphatic rings. The molecule has 1 N–H and O–H groups in total. The van der Waals surface area contributed by atoms with E-state index in [0.29, 0.717) is 22.7 Å². The van der Waals surface area contributed by atoms with Crippen LogP contribution in [-0.2, 0) is 13.2 Å². The second-order valence-corrected chi connectivity index (χ2v) is 9.39. The highest BCUT2D eigenvalue weighted by Crippen LogP contribution is 2.26. The van der Waals surface area contributed by atoms with E-state index in [0.717, 1.165) is 29.1 Å². The van der Waals surface area contributed by atoms with Crippen LogP contribution in [0.2, 0.25) is 0 Å². The Morgan fingerprint density at radius 1 is 1.06 bits per heavy atom. The first-order valence-corrected chi connectivity index (χ1v) is 12.2. The Hall–Kier alpha value is -4.04. The molecule has 1 amide bonds. The summed E-state index contributed by atoms with van der Waals surface area (Å²) >= 11 is 1.27. The van der Waals surface area contributed by atoms with Crippen molar-refractivity contribution in [3.8, 4) is 5.75 Å². The second-order valence-electron chi connectivity index (χ2n) is 8.48. The van der Waals surface area contributed by atoms with Gasteiger partial charge in [0.2, 0.25) is 0 Å². The highest BCUT2D eigenvalue weighted by molar-refractivity contribution is 7.12. The number of nitrogens with zero attached hydrogens (tertiary/aromatic N) is 2. The standard InChI is InChI=1S/C28H23F2N3O2S/c1-17-27(18(2)33(32-17)14-21-8-5-7-20-6-3-4-9-23(20)21)31-28(34)26-12-19(16-36-26)15-35-25-11-10-22(29)13-24(25)30/h3-13,16H,14-15H2,1-2H3,(H,31,34). The van der Waals surface area contributed by atoms with Gasteiger partial charge in [-0.3, -0.25) is 9.48 Å². The van der Waals surface area contributed by atoms with Crippen LogP contribution in [0.4, 0.5) is 14.5 Å². The predicted octanol–water partition coefficient (Wildman–Crippen LogP) is 6.87. The fraction of sp³-hybridized carbons (Fsp3) is 0.143. The number of benzene rings is 3. The molecule has 0 fully saturated rings. The Morgan fingerprint density at radius 2 is 1.86 bits per heavy atom. The third-order valence-corrected chi connectivity index (χ3v) is 6.96. The van der Waals surface area contributed by atoms with Gasteiger partial charge in [0, 0.05) is 11.6 Å². The third-order valence-electron chi connectivity index (χ3n) is 5.99. The van der Waals surface area contributed by atoms with Crippen molar-refractivity contribution < 1.29 is 18.3 Å². The van der Waals surface area contributed by atoms with Crippen LogP contribution in [0.3, 0.4) is 0 Å². The molecular weight excluding hydrogens is 480 g/mol. The van der Waals surface area contributed by atoms with E-state index in [1.54, 1.807) is 11.4 Å². The number of anilines is 1. The number of rotatable bonds is 7. The van der Waals surface area contributed by atoms with E-state index in [4.69, 9.17) is 4.74 Å². The number of hydrogen-bond donors (Lipinski definition) is 1. The molecule has 5 nitrogen and oxygen atoms in total. The van der Waals surface area contributed by atoms with Gasteiger partial charge in [-0.05, 0) is 53.8 Å². The minimum atomic E-state index is -0.769. The number of aromatic nitrogens is 2. The normalized spacial score (nSPS) is 11.1. The lowest BCUT2D eigenvalue weighted by Gasteiger charge is -2.09. The van der Waals surface area contributed by atoms with Gasteiger partial charge >= 0.3 is 0 Å². The maximum absolute atomic E-state index is 13.8. The van der Waals surface area contributed by atoms with Gasteiger partial charge in [0.25, 0.3) is 5.91 Å². The largest absolute Gasteiger partial charge is 0.486 e. The SMILES string of the molecule is Cc1nn(Cc2cccc3ccccc23)c(C)c1NC(=O)c1cc(COc2ccc(F)cc2F)cs1. The molecule has 182 valence electrons. The van der Waals surface area contributed by atoms with Gasteiger partial charge < -0.3 is 10.1 Å². The summed E-state index contributed by atoms with van der Waals surface area (Å²) in [4.78, 5) is 13.5. The zero-order chi connectivity index (χ0) is 25.2. The molecule has 2 heterocycles. The average Bonchev–Trinajstić information content (AvgIpc) is 3.44. The summed E-state index contributed by atoms with van der Waals surface area (Å²) in [6, 6.07) is 19.3. The number of amides is 1. The molecule has 0 atom stereocenters. The molecule has 3 aromatic carbocycles. The third kappa shape index (κ3) is 4.85. The molecule has 0 aliphatic carbocycles. The Balaban J connectivity index is 1.28. The predicted molar refractivity (Wildman–Crippen MR) is 138 cm³/mol. The molecule has 0 saturated carbocycles. The Bertz CT molecular complexity index is 1570. The zero-order valence-corrected chi connectivity index (χ0v) is 20.5. The Kier molecular flexibility index (Phi) is 6.52. The number of fused-ring (bicyclic) bond motifs is 1. The summed E-state index contributed by atoms with van der Waals surface area (Å²) in [7, 11) is 0. The van der Waals surface area contributed by atoms with E-state index in [1.165, 1.54) is 28.2 Å². The Labute approximate surface area is 211 Å². The van der Waals surface area contributed by atoms with Crippen molar-refractivity contribution in [3.05, 3.63) is 111 Å². The summed E-state index contributed by atoms with van der Waals surface area (Å²) in [5, 5.41) is 11.8. The molecule has 0 saturated heterocycles. The summed E-state index contributed by atoms with van der Waals surface area (Å²) in [5.41, 5.74) is 4.14. The van der Waals surface area contributed by atoms with E-state index in [-0.39, 0.29) is 18.3 Å². The highest BCUT2D eigenvalue weighted by Gasteiger charge is 2.17. The zero-order valence-electron chi connectivity index (χ0n) is 19.7. The first-order valence-electron chi connectivity index (χ1n) is 11.4. The van der Waals surface area contributed by atoms with Crippen molar-refractivity contribution in [2.45, 2.75) is 27.0 Å². The molecular formula is C28H23F2N3O2S. The van der Waals surface area contributed by atoms with E-state index in [1.807, 2.05) is 36.7 Å². The molecule has 36 heavy (non-hydrogen) atoms. The van der Waals surface area contributed by atoms with E-state index >= 15 is 0 Å². The topological polar surface area (TPSA) is 56.2 Å². The number of hydrogen-bond acceptors (Lipinski definition) is 4. The Morgan fingerprint density at radius 3 is 2.69 bits per heavy atom. The van der Waals surface area contributed by atoms with Crippen LogP contribution in [0.1, 0.15) is 32.2 Å². The van der Waals surface area contributed by atoms with Crippen molar-refractivity contribution in [1.29, 1.82) is 0 Å². The quantitative estimate of drug-likeness (QED) is 0.264. The van der Waals surface area contributed by atoms with E-state index in [9.17, 15) is 13.6 Å². The lowest BCUT2D eigenvalue weighted by Crippen LogP contribution is -2.12. The number of thiophene rings is 1. The number of aryl methyl sites for hydroxylation is 1.